The van der Waals surface area contributed by atoms with Crippen LogP contribution in [-0.4, -0.2) is 38.3 Å². The molecule has 0 saturated carbocycles. The molecule has 1 atom stereocenters. The molecule has 176 valence electrons. The first-order valence-corrected chi connectivity index (χ1v) is 11.8. The van der Waals surface area contributed by atoms with Crippen molar-refractivity contribution >= 4 is 34.8 Å². The van der Waals surface area contributed by atoms with Gasteiger partial charge in [0.1, 0.15) is 11.8 Å². The lowest BCUT2D eigenvalue weighted by Crippen LogP contribution is -2.35. The summed E-state index contributed by atoms with van der Waals surface area (Å²) >= 11 is 1.31. The molecule has 0 amide bonds. The van der Waals surface area contributed by atoms with Gasteiger partial charge >= 0.3 is 5.97 Å². The van der Waals surface area contributed by atoms with Crippen molar-refractivity contribution in [1.29, 1.82) is 0 Å². The molecule has 0 bridgehead atoms. The predicted molar refractivity (Wildman–Crippen MR) is 135 cm³/mol. The van der Waals surface area contributed by atoms with Crippen molar-refractivity contribution in [3.05, 3.63) is 84.9 Å². The number of methoxy groups -OCH3 is 1. The smallest absolute Gasteiger partial charge is 0.338 e. The summed E-state index contributed by atoms with van der Waals surface area (Å²) in [5, 5.41) is 0. The Kier molecular flexibility index (Phi) is 6.70. The number of nitrogens with zero attached hydrogens (tertiary/aromatic N) is 3. The molecule has 0 fully saturated rings. The standard InChI is InChI=1S/C26H27N3O4S/c1-6-33-25(31)22-16(2)29-24(30)21(15-17-7-11-19(12-8-17)28(3)4)34-26(29)27-23(22)18-9-13-20(32-5)14-10-18/h7-15,23H,6H2,1-5H3/b21-15-/t23-/m1/s1. The lowest BCUT2D eigenvalue weighted by Gasteiger charge is -2.22. The van der Waals surface area contributed by atoms with Crippen molar-refractivity contribution in [2.75, 3.05) is 32.7 Å². The Morgan fingerprint density at radius 1 is 1.15 bits per heavy atom. The van der Waals surface area contributed by atoms with Crippen LogP contribution in [0.1, 0.15) is 31.0 Å². The Labute approximate surface area is 201 Å². The van der Waals surface area contributed by atoms with E-state index in [-0.39, 0.29) is 12.2 Å². The van der Waals surface area contributed by atoms with Crippen molar-refractivity contribution in [2.24, 2.45) is 4.99 Å². The molecule has 0 saturated heterocycles. The van der Waals surface area contributed by atoms with Crippen molar-refractivity contribution < 1.29 is 14.3 Å². The van der Waals surface area contributed by atoms with Crippen LogP contribution in [0.4, 0.5) is 5.69 Å². The number of fused-ring (bicyclic) bond motifs is 1. The van der Waals surface area contributed by atoms with Gasteiger partial charge in [-0.2, -0.15) is 0 Å². The Morgan fingerprint density at radius 3 is 2.41 bits per heavy atom. The second-order valence-corrected chi connectivity index (χ2v) is 9.05. The van der Waals surface area contributed by atoms with Crippen LogP contribution in [0.25, 0.3) is 11.8 Å². The summed E-state index contributed by atoms with van der Waals surface area (Å²) in [4.78, 5) is 33.7. The summed E-state index contributed by atoms with van der Waals surface area (Å²) in [5.41, 5.74) is 3.51. The molecule has 0 unspecified atom stereocenters. The molecule has 3 aromatic rings. The maximum absolute atomic E-state index is 13.3. The first-order valence-electron chi connectivity index (χ1n) is 10.9. The summed E-state index contributed by atoms with van der Waals surface area (Å²) in [7, 11) is 5.56. The highest BCUT2D eigenvalue weighted by Crippen LogP contribution is 2.33. The van der Waals surface area contributed by atoms with Crippen LogP contribution in [0, 0.1) is 0 Å². The predicted octanol–water partition coefficient (Wildman–Crippen LogP) is 2.98. The number of hydrogen-bond acceptors (Lipinski definition) is 7. The van der Waals surface area contributed by atoms with Crippen LogP contribution in [0.15, 0.2) is 63.9 Å². The van der Waals surface area contributed by atoms with E-state index in [2.05, 4.69) is 0 Å². The molecular formula is C26H27N3O4S. The lowest BCUT2D eigenvalue weighted by molar-refractivity contribution is -0.138. The highest BCUT2D eigenvalue weighted by atomic mass is 32.1. The van der Waals surface area contributed by atoms with Crippen molar-refractivity contribution in [3.8, 4) is 5.75 Å². The average molecular weight is 478 g/mol. The average Bonchev–Trinajstić information content (AvgIpc) is 3.14. The van der Waals surface area contributed by atoms with Gasteiger partial charge in [-0.1, -0.05) is 35.6 Å². The maximum Gasteiger partial charge on any atom is 0.338 e. The molecule has 1 aliphatic rings. The van der Waals surface area contributed by atoms with Crippen LogP contribution in [-0.2, 0) is 9.53 Å². The molecule has 1 aromatic heterocycles. The zero-order chi connectivity index (χ0) is 24.4. The molecular weight excluding hydrogens is 450 g/mol. The number of allylic oxidation sites excluding steroid dienone is 1. The van der Waals surface area contributed by atoms with Crippen LogP contribution in [0.5, 0.6) is 5.75 Å². The van der Waals surface area contributed by atoms with Gasteiger partial charge in [-0.05, 0) is 55.3 Å². The van der Waals surface area contributed by atoms with Gasteiger partial charge in [0.2, 0.25) is 0 Å². The SMILES string of the molecule is CCOC(=O)C1=C(C)n2c(s/c(=C\c3ccc(N(C)C)cc3)c2=O)=N[C@@H]1c1ccc(OC)cc1. The second-order valence-electron chi connectivity index (χ2n) is 8.04. The summed E-state index contributed by atoms with van der Waals surface area (Å²) in [5.74, 6) is 0.237. The Balaban J connectivity index is 1.87. The highest BCUT2D eigenvalue weighted by Gasteiger charge is 2.31. The number of benzene rings is 2. The number of carbonyl (C=O) groups excluding carboxylic acids is 1. The van der Waals surface area contributed by atoms with Gasteiger partial charge in [-0.15, -0.1) is 0 Å². The van der Waals surface area contributed by atoms with Crippen molar-refractivity contribution in [2.45, 2.75) is 19.9 Å². The van der Waals surface area contributed by atoms with Gasteiger partial charge in [-0.3, -0.25) is 9.36 Å². The van der Waals surface area contributed by atoms with Gasteiger partial charge in [0.05, 0.1) is 23.8 Å². The Hall–Kier alpha value is -3.65. The number of thiazole rings is 1. The number of carbonyl (C=O) groups is 1. The first kappa shape index (κ1) is 23.5. The summed E-state index contributed by atoms with van der Waals surface area (Å²) in [6, 6.07) is 14.8. The third-order valence-electron chi connectivity index (χ3n) is 5.68. The van der Waals surface area contributed by atoms with E-state index in [4.69, 9.17) is 14.5 Å². The molecule has 2 heterocycles. The van der Waals surface area contributed by atoms with Crippen molar-refractivity contribution in [3.63, 3.8) is 0 Å². The Morgan fingerprint density at radius 2 is 1.82 bits per heavy atom. The van der Waals surface area contributed by atoms with Crippen LogP contribution < -0.4 is 24.5 Å². The van der Waals surface area contributed by atoms with Gasteiger partial charge < -0.3 is 14.4 Å². The van der Waals surface area contributed by atoms with Gasteiger partial charge in [-0.25, -0.2) is 9.79 Å². The van der Waals surface area contributed by atoms with E-state index in [1.165, 1.54) is 15.9 Å². The maximum atomic E-state index is 13.3. The largest absolute Gasteiger partial charge is 0.497 e. The lowest BCUT2D eigenvalue weighted by atomic mass is 9.96. The number of ether oxygens (including phenoxy) is 2. The van der Waals surface area contributed by atoms with E-state index in [1.807, 2.05) is 73.6 Å². The first-order chi connectivity index (χ1) is 16.3. The van der Waals surface area contributed by atoms with Gasteiger partial charge in [0.25, 0.3) is 5.56 Å². The fraction of sp³-hybridized carbons (Fsp3) is 0.269. The minimum atomic E-state index is -0.574. The molecule has 0 aliphatic carbocycles. The normalized spacial score (nSPS) is 15.6. The number of anilines is 1. The Bertz CT molecular complexity index is 1410. The molecule has 7 nitrogen and oxygen atoms in total. The number of rotatable bonds is 6. The summed E-state index contributed by atoms with van der Waals surface area (Å²) in [6.45, 7) is 3.76. The number of hydrogen-bond donors (Lipinski definition) is 0. The van der Waals surface area contributed by atoms with E-state index >= 15 is 0 Å². The summed E-state index contributed by atoms with van der Waals surface area (Å²) < 4.78 is 12.7. The number of aromatic nitrogens is 1. The molecule has 2 aromatic carbocycles. The van der Waals surface area contributed by atoms with Crippen molar-refractivity contribution in [1.82, 2.24) is 4.57 Å². The van der Waals surface area contributed by atoms with E-state index in [1.54, 1.807) is 21.0 Å². The fourth-order valence-electron chi connectivity index (χ4n) is 3.86. The fourth-order valence-corrected chi connectivity index (χ4v) is 4.90. The van der Waals surface area contributed by atoms with Crippen LogP contribution in [0.3, 0.4) is 0 Å². The summed E-state index contributed by atoms with van der Waals surface area (Å²) in [6.07, 6.45) is 1.85. The zero-order valence-corrected chi connectivity index (χ0v) is 20.7. The minimum Gasteiger partial charge on any atom is -0.497 e. The van der Waals surface area contributed by atoms with E-state index in [0.29, 0.717) is 26.4 Å². The van der Waals surface area contributed by atoms with Crippen LogP contribution in [0.2, 0.25) is 0 Å². The quantitative estimate of drug-likeness (QED) is 0.511. The van der Waals surface area contributed by atoms with Crippen LogP contribution >= 0.6 is 11.3 Å². The molecule has 4 rings (SSSR count). The van der Waals surface area contributed by atoms with Gasteiger partial charge in [0, 0.05) is 25.5 Å². The molecule has 0 N–H and O–H groups in total. The third kappa shape index (κ3) is 4.41. The minimum absolute atomic E-state index is 0.201. The molecule has 1 aliphatic heterocycles. The van der Waals surface area contributed by atoms with E-state index < -0.39 is 12.0 Å². The monoisotopic (exact) mass is 477 g/mol. The van der Waals surface area contributed by atoms with E-state index in [9.17, 15) is 9.59 Å². The second kappa shape index (κ2) is 9.69. The zero-order valence-electron chi connectivity index (χ0n) is 19.9. The highest BCUT2D eigenvalue weighted by molar-refractivity contribution is 7.07. The molecule has 0 radical (unpaired) electrons. The number of esters is 1. The van der Waals surface area contributed by atoms with Gasteiger partial charge in [0.15, 0.2) is 4.80 Å². The molecule has 34 heavy (non-hydrogen) atoms. The van der Waals surface area contributed by atoms with E-state index in [0.717, 1.165) is 16.8 Å². The molecule has 0 spiro atoms. The third-order valence-corrected chi connectivity index (χ3v) is 6.66. The topological polar surface area (TPSA) is 73.1 Å². The molecule has 8 heteroatoms.